The number of rotatable bonds is 1. The van der Waals surface area contributed by atoms with Crippen LogP contribution in [-0.2, 0) is 4.79 Å². The average Bonchev–Trinajstić information content (AvgIpc) is 2.41. The minimum absolute atomic E-state index is 0.376. The number of aromatic hydroxyl groups is 1. The Morgan fingerprint density at radius 2 is 2.15 bits per heavy atom. The molecule has 0 fully saturated rings. The third-order valence-corrected chi connectivity index (χ3v) is 3.50. The number of nitrogen functional groups attached to an aromatic ring is 1. The van der Waals surface area contributed by atoms with Crippen LogP contribution in [0.2, 0.25) is 0 Å². The predicted molar refractivity (Wildman–Crippen MR) is 73.2 cm³/mol. The van der Waals surface area contributed by atoms with E-state index in [1.807, 2.05) is 0 Å². The lowest BCUT2D eigenvalue weighted by Gasteiger charge is -2.31. The molecule has 1 atom stereocenters. The molecule has 0 aromatic rings. The average molecular weight is 275 g/mol. The van der Waals surface area contributed by atoms with Gasteiger partial charge in [0, 0.05) is 18.2 Å². The number of carbonyl (C=O) groups is 1. The zero-order valence-corrected chi connectivity index (χ0v) is 10.5. The van der Waals surface area contributed by atoms with Crippen LogP contribution in [0.3, 0.4) is 0 Å². The number of phenols is 1. The Kier molecular flexibility index (Phi) is 2.56. The molecular weight excluding hydrogens is 262 g/mol. The van der Waals surface area contributed by atoms with Crippen LogP contribution >= 0.6 is 0 Å². The first-order valence-electron chi connectivity index (χ1n) is 6.13. The lowest BCUT2D eigenvalue weighted by atomic mass is 10.0. The summed E-state index contributed by atoms with van der Waals surface area (Å²) in [5, 5.41) is 21.9. The van der Waals surface area contributed by atoms with Gasteiger partial charge in [0.1, 0.15) is 11.9 Å². The standard InChI is InChI=1S/C13H13N3O4/c14-7-3-6-4-10(17)11(18)5-9(6)16-8(13(19)20)1-2-15-12(7)16/h3-5,8,15,17H,1-2,14H2,(H,19,20)/t8-/m0/s1. The summed E-state index contributed by atoms with van der Waals surface area (Å²) in [5.41, 5.74) is 6.72. The number of hydrogen-bond donors (Lipinski definition) is 4. The Morgan fingerprint density at radius 3 is 2.85 bits per heavy atom. The molecule has 2 aliphatic heterocycles. The largest absolute Gasteiger partial charge is 0.504 e. The summed E-state index contributed by atoms with van der Waals surface area (Å²) in [4.78, 5) is 23.0. The van der Waals surface area contributed by atoms with Crippen molar-refractivity contribution in [3.8, 4) is 17.0 Å². The van der Waals surface area contributed by atoms with Crippen LogP contribution in [0.5, 0.6) is 5.75 Å². The van der Waals surface area contributed by atoms with Gasteiger partial charge in [0.05, 0.1) is 11.4 Å². The lowest BCUT2D eigenvalue weighted by molar-refractivity contribution is -0.141. The SMILES string of the molecule is Nc1cc2cc(O)c(=O)cc-2n2c1NCC[C@H]2C(=O)O. The van der Waals surface area contributed by atoms with Gasteiger partial charge in [0.15, 0.2) is 5.75 Å². The highest BCUT2D eigenvalue weighted by Gasteiger charge is 2.29. The van der Waals surface area contributed by atoms with Gasteiger partial charge in [-0.25, -0.2) is 4.79 Å². The first-order chi connectivity index (χ1) is 9.49. The van der Waals surface area contributed by atoms with Gasteiger partial charge in [-0.15, -0.1) is 0 Å². The van der Waals surface area contributed by atoms with E-state index in [-0.39, 0.29) is 5.75 Å². The van der Waals surface area contributed by atoms with Gasteiger partial charge in [0.25, 0.3) is 0 Å². The highest BCUT2D eigenvalue weighted by molar-refractivity contribution is 5.82. The molecule has 0 radical (unpaired) electrons. The quantitative estimate of drug-likeness (QED) is 0.608. The van der Waals surface area contributed by atoms with Gasteiger partial charge in [-0.1, -0.05) is 0 Å². The van der Waals surface area contributed by atoms with Crippen LogP contribution in [-0.4, -0.2) is 27.3 Å². The van der Waals surface area contributed by atoms with Crippen LogP contribution in [0.1, 0.15) is 12.5 Å². The number of hydrogen-bond acceptors (Lipinski definition) is 5. The Labute approximate surface area is 113 Å². The first kappa shape index (κ1) is 12.3. The Balaban J connectivity index is 2.40. The fourth-order valence-corrected chi connectivity index (χ4v) is 2.59. The maximum Gasteiger partial charge on any atom is 0.326 e. The third kappa shape index (κ3) is 1.67. The third-order valence-electron chi connectivity index (χ3n) is 3.50. The minimum atomic E-state index is -0.981. The number of phenolic OH excluding ortho intramolecular Hbond substituents is 1. The van der Waals surface area contributed by atoms with E-state index in [4.69, 9.17) is 5.73 Å². The van der Waals surface area contributed by atoms with Crippen LogP contribution in [0.4, 0.5) is 11.5 Å². The van der Waals surface area contributed by atoms with Crippen molar-refractivity contribution in [2.45, 2.75) is 12.5 Å². The highest BCUT2D eigenvalue weighted by atomic mass is 16.4. The summed E-state index contributed by atoms with van der Waals surface area (Å²) in [5.74, 6) is -0.875. The highest BCUT2D eigenvalue weighted by Crippen LogP contribution is 2.37. The molecule has 0 saturated heterocycles. The molecular formula is C13H13N3O4. The van der Waals surface area contributed by atoms with Crippen LogP contribution in [0, 0.1) is 0 Å². The molecule has 104 valence electrons. The molecule has 7 heteroatoms. The zero-order valence-electron chi connectivity index (χ0n) is 10.5. The normalized spacial score (nSPS) is 17.5. The van der Waals surface area contributed by atoms with E-state index >= 15 is 0 Å². The second-order valence-corrected chi connectivity index (χ2v) is 4.77. The molecule has 0 bridgehead atoms. The molecule has 3 rings (SSSR count). The van der Waals surface area contributed by atoms with Crippen LogP contribution < -0.4 is 16.5 Å². The second-order valence-electron chi connectivity index (χ2n) is 4.77. The number of carboxylic acids is 1. The van der Waals surface area contributed by atoms with Gasteiger partial charge in [-0.3, -0.25) is 4.79 Å². The number of benzene rings is 1. The molecule has 0 saturated carbocycles. The number of carboxylic acid groups (broad SMARTS) is 1. The van der Waals surface area contributed by atoms with E-state index in [9.17, 15) is 19.8 Å². The summed E-state index contributed by atoms with van der Waals surface area (Å²) < 4.78 is 1.51. The number of nitrogens with zero attached hydrogens (tertiary/aromatic N) is 1. The van der Waals surface area contributed by atoms with Gasteiger partial charge < -0.3 is 25.8 Å². The number of aromatic nitrogens is 1. The Hall–Kier alpha value is -2.70. The smallest absolute Gasteiger partial charge is 0.326 e. The van der Waals surface area contributed by atoms with Crippen molar-refractivity contribution in [1.29, 1.82) is 0 Å². The minimum Gasteiger partial charge on any atom is -0.504 e. The Bertz CT molecular complexity index is 737. The number of anilines is 2. The van der Waals surface area contributed by atoms with Gasteiger partial charge in [-0.05, 0) is 18.6 Å². The van der Waals surface area contributed by atoms with Crippen LogP contribution in [0.15, 0.2) is 23.0 Å². The van der Waals surface area contributed by atoms with Crippen molar-refractivity contribution in [1.82, 2.24) is 4.57 Å². The summed E-state index contributed by atoms with van der Waals surface area (Å²) in [6, 6.07) is 3.35. The molecule has 5 N–H and O–H groups in total. The summed E-state index contributed by atoms with van der Waals surface area (Å²) in [6.07, 6.45) is 0.390. The molecule has 0 spiro atoms. The molecule has 3 aliphatic rings. The van der Waals surface area contributed by atoms with Gasteiger partial charge >= 0.3 is 5.97 Å². The van der Waals surface area contributed by atoms with Crippen molar-refractivity contribution in [3.63, 3.8) is 0 Å². The summed E-state index contributed by atoms with van der Waals surface area (Å²) in [7, 11) is 0. The number of nitrogens with two attached hydrogens (primary N) is 1. The number of fused-ring (bicyclic) bond motifs is 3. The number of nitrogens with one attached hydrogen (secondary N) is 1. The van der Waals surface area contributed by atoms with Crippen molar-refractivity contribution in [2.75, 3.05) is 17.6 Å². The van der Waals surface area contributed by atoms with Crippen molar-refractivity contribution < 1.29 is 15.0 Å². The van der Waals surface area contributed by atoms with E-state index in [2.05, 4.69) is 5.32 Å². The molecule has 0 aromatic carbocycles. The number of aliphatic carboxylic acids is 1. The number of pyridine rings is 1. The Morgan fingerprint density at radius 1 is 1.40 bits per heavy atom. The molecule has 0 amide bonds. The van der Waals surface area contributed by atoms with Gasteiger partial charge in [-0.2, -0.15) is 0 Å². The topological polar surface area (TPSA) is 118 Å². The van der Waals surface area contributed by atoms with E-state index in [1.165, 1.54) is 16.7 Å². The lowest BCUT2D eigenvalue weighted by Crippen LogP contribution is -2.31. The fourth-order valence-electron chi connectivity index (χ4n) is 2.59. The predicted octanol–water partition coefficient (Wildman–Crippen LogP) is 0.682. The van der Waals surface area contributed by atoms with Crippen molar-refractivity contribution in [2.24, 2.45) is 0 Å². The molecule has 7 nitrogen and oxygen atoms in total. The maximum atomic E-state index is 11.6. The van der Waals surface area contributed by atoms with E-state index < -0.39 is 17.4 Å². The molecule has 20 heavy (non-hydrogen) atoms. The van der Waals surface area contributed by atoms with E-state index in [1.54, 1.807) is 6.07 Å². The van der Waals surface area contributed by atoms with E-state index in [0.717, 1.165) is 0 Å². The molecule has 0 aromatic heterocycles. The summed E-state index contributed by atoms with van der Waals surface area (Å²) >= 11 is 0. The molecule has 2 heterocycles. The molecule has 1 aliphatic carbocycles. The first-order valence-corrected chi connectivity index (χ1v) is 6.13. The maximum absolute atomic E-state index is 11.6. The zero-order chi connectivity index (χ0) is 14.4. The second kappa shape index (κ2) is 4.16. The van der Waals surface area contributed by atoms with E-state index in [0.29, 0.717) is 35.7 Å². The monoisotopic (exact) mass is 275 g/mol. The van der Waals surface area contributed by atoms with Crippen molar-refractivity contribution >= 4 is 17.5 Å². The summed E-state index contributed by atoms with van der Waals surface area (Å²) in [6.45, 7) is 0.495. The molecule has 0 unspecified atom stereocenters. The van der Waals surface area contributed by atoms with Crippen LogP contribution in [0.25, 0.3) is 11.3 Å². The van der Waals surface area contributed by atoms with Gasteiger partial charge in [0.2, 0.25) is 5.43 Å². The van der Waals surface area contributed by atoms with Crippen molar-refractivity contribution in [3.05, 3.63) is 28.4 Å². The fraction of sp³-hybridized carbons (Fsp3) is 0.231.